The van der Waals surface area contributed by atoms with Crippen molar-refractivity contribution in [3.05, 3.63) is 54.4 Å². The molecular weight excluding hydrogens is 262 g/mol. The maximum atomic E-state index is 5.93. The normalized spacial score (nSPS) is 11.0. The molecule has 1 aromatic carbocycles. The average molecular weight is 279 g/mol. The first kappa shape index (κ1) is 13.4. The van der Waals surface area contributed by atoms with Crippen LogP contribution in [0.4, 0.5) is 5.88 Å². The van der Waals surface area contributed by atoms with Gasteiger partial charge in [-0.15, -0.1) is 0 Å². The highest BCUT2D eigenvalue weighted by atomic mass is 16.5. The topological polar surface area (TPSA) is 64.9 Å². The van der Waals surface area contributed by atoms with Gasteiger partial charge in [-0.05, 0) is 17.5 Å². The third-order valence-electron chi connectivity index (χ3n) is 3.52. The summed E-state index contributed by atoms with van der Waals surface area (Å²) >= 11 is 0. The first-order chi connectivity index (χ1) is 10.2. The quantitative estimate of drug-likeness (QED) is 0.783. The van der Waals surface area contributed by atoms with Crippen LogP contribution in [0.3, 0.4) is 0 Å². The number of nitrogens with zero attached hydrogens (tertiary/aromatic N) is 2. The van der Waals surface area contributed by atoms with Crippen LogP contribution in [0.15, 0.2) is 53.3 Å². The summed E-state index contributed by atoms with van der Waals surface area (Å²) in [6, 6.07) is 12.1. The van der Waals surface area contributed by atoms with Crippen molar-refractivity contribution in [2.75, 3.05) is 5.73 Å². The standard InChI is InChI=1S/C17H17N3O/c1-11(2)12-5-7-13(8-6-12)16-15(17(18)21-20-16)14-4-3-9-19-10-14/h3-11H,18H2,1-2H3. The van der Waals surface area contributed by atoms with E-state index in [0.717, 1.165) is 22.4 Å². The number of aromatic nitrogens is 2. The van der Waals surface area contributed by atoms with Gasteiger partial charge in [-0.3, -0.25) is 4.98 Å². The van der Waals surface area contributed by atoms with E-state index in [1.807, 2.05) is 24.3 Å². The third-order valence-corrected chi connectivity index (χ3v) is 3.52. The van der Waals surface area contributed by atoms with Crippen LogP contribution in [0.2, 0.25) is 0 Å². The van der Waals surface area contributed by atoms with Crippen molar-refractivity contribution in [1.29, 1.82) is 0 Å². The van der Waals surface area contributed by atoms with Crippen molar-refractivity contribution >= 4 is 5.88 Å². The largest absolute Gasteiger partial charge is 0.367 e. The number of benzene rings is 1. The number of rotatable bonds is 3. The van der Waals surface area contributed by atoms with E-state index in [1.165, 1.54) is 5.56 Å². The fourth-order valence-corrected chi connectivity index (χ4v) is 2.32. The Morgan fingerprint density at radius 3 is 2.43 bits per heavy atom. The zero-order valence-electron chi connectivity index (χ0n) is 12.1. The molecule has 21 heavy (non-hydrogen) atoms. The summed E-state index contributed by atoms with van der Waals surface area (Å²) in [6.45, 7) is 4.34. The predicted molar refractivity (Wildman–Crippen MR) is 83.7 cm³/mol. The van der Waals surface area contributed by atoms with Gasteiger partial charge < -0.3 is 10.3 Å². The smallest absolute Gasteiger partial charge is 0.230 e. The van der Waals surface area contributed by atoms with Crippen LogP contribution in [0, 0.1) is 0 Å². The first-order valence-corrected chi connectivity index (χ1v) is 6.92. The SMILES string of the molecule is CC(C)c1ccc(-c2noc(N)c2-c2cccnc2)cc1. The highest BCUT2D eigenvalue weighted by Crippen LogP contribution is 2.36. The van der Waals surface area contributed by atoms with Gasteiger partial charge in [-0.1, -0.05) is 49.3 Å². The summed E-state index contributed by atoms with van der Waals surface area (Å²) in [5.74, 6) is 0.810. The van der Waals surface area contributed by atoms with Gasteiger partial charge in [0.15, 0.2) is 0 Å². The van der Waals surface area contributed by atoms with Gasteiger partial charge in [-0.25, -0.2) is 0 Å². The number of pyridine rings is 1. The lowest BCUT2D eigenvalue weighted by Gasteiger charge is -2.06. The van der Waals surface area contributed by atoms with Crippen molar-refractivity contribution in [2.24, 2.45) is 0 Å². The third kappa shape index (κ3) is 2.52. The molecule has 3 aromatic rings. The molecule has 0 bridgehead atoms. The molecule has 4 heteroatoms. The minimum atomic E-state index is 0.311. The lowest BCUT2D eigenvalue weighted by molar-refractivity contribution is 0.439. The second-order valence-corrected chi connectivity index (χ2v) is 5.29. The minimum Gasteiger partial charge on any atom is -0.367 e. The Hall–Kier alpha value is -2.62. The van der Waals surface area contributed by atoms with E-state index < -0.39 is 0 Å². The highest BCUT2D eigenvalue weighted by Gasteiger charge is 2.17. The number of nitrogen functional groups attached to an aromatic ring is 1. The molecule has 2 heterocycles. The van der Waals surface area contributed by atoms with Crippen LogP contribution >= 0.6 is 0 Å². The lowest BCUT2D eigenvalue weighted by atomic mass is 9.98. The number of hydrogen-bond donors (Lipinski definition) is 1. The highest BCUT2D eigenvalue weighted by molar-refractivity contribution is 5.86. The molecule has 4 nitrogen and oxygen atoms in total. The summed E-state index contributed by atoms with van der Waals surface area (Å²) in [5, 5.41) is 4.11. The van der Waals surface area contributed by atoms with E-state index in [2.05, 4.69) is 36.1 Å². The second-order valence-electron chi connectivity index (χ2n) is 5.29. The molecule has 0 aliphatic rings. The molecule has 0 unspecified atom stereocenters. The molecule has 3 rings (SSSR count). The Morgan fingerprint density at radius 1 is 1.05 bits per heavy atom. The summed E-state index contributed by atoms with van der Waals surface area (Å²) in [7, 11) is 0. The van der Waals surface area contributed by atoms with Crippen LogP contribution in [-0.2, 0) is 0 Å². The molecule has 2 N–H and O–H groups in total. The van der Waals surface area contributed by atoms with Crippen LogP contribution in [0.1, 0.15) is 25.3 Å². The summed E-state index contributed by atoms with van der Waals surface area (Å²) in [4.78, 5) is 4.13. The van der Waals surface area contributed by atoms with Crippen LogP contribution in [0.25, 0.3) is 22.4 Å². The predicted octanol–water partition coefficient (Wildman–Crippen LogP) is 4.11. The van der Waals surface area contributed by atoms with Crippen molar-refractivity contribution in [1.82, 2.24) is 10.1 Å². The fourth-order valence-electron chi connectivity index (χ4n) is 2.32. The zero-order valence-corrected chi connectivity index (χ0v) is 12.1. The summed E-state index contributed by atoms with van der Waals surface area (Å²) in [6.07, 6.45) is 3.49. The van der Waals surface area contributed by atoms with E-state index in [4.69, 9.17) is 10.3 Å². The number of nitrogens with two attached hydrogens (primary N) is 1. The Balaban J connectivity index is 2.08. The van der Waals surface area contributed by atoms with Crippen molar-refractivity contribution < 1.29 is 4.52 Å². The Morgan fingerprint density at radius 2 is 1.81 bits per heavy atom. The monoisotopic (exact) mass is 279 g/mol. The molecule has 0 aliphatic carbocycles. The average Bonchev–Trinajstić information content (AvgIpc) is 2.90. The number of anilines is 1. The summed E-state index contributed by atoms with van der Waals surface area (Å²) in [5.41, 5.74) is 10.6. The van der Waals surface area contributed by atoms with Crippen molar-refractivity contribution in [3.63, 3.8) is 0 Å². The Labute approximate surface area is 123 Å². The number of hydrogen-bond acceptors (Lipinski definition) is 4. The van der Waals surface area contributed by atoms with Crippen LogP contribution in [-0.4, -0.2) is 10.1 Å². The van der Waals surface area contributed by atoms with Crippen molar-refractivity contribution in [2.45, 2.75) is 19.8 Å². The molecule has 0 aliphatic heterocycles. The maximum absolute atomic E-state index is 5.93. The molecule has 0 radical (unpaired) electrons. The van der Waals surface area contributed by atoms with Crippen LogP contribution < -0.4 is 5.73 Å². The van der Waals surface area contributed by atoms with Gasteiger partial charge in [0, 0.05) is 23.5 Å². The van der Waals surface area contributed by atoms with E-state index in [0.29, 0.717) is 11.8 Å². The van der Waals surface area contributed by atoms with Gasteiger partial charge in [-0.2, -0.15) is 0 Å². The molecule has 0 saturated carbocycles. The van der Waals surface area contributed by atoms with Gasteiger partial charge in [0.25, 0.3) is 0 Å². The molecule has 106 valence electrons. The Kier molecular flexibility index (Phi) is 3.44. The van der Waals surface area contributed by atoms with E-state index in [9.17, 15) is 0 Å². The first-order valence-electron chi connectivity index (χ1n) is 6.92. The molecule has 0 atom stereocenters. The zero-order chi connectivity index (χ0) is 14.8. The van der Waals surface area contributed by atoms with Gasteiger partial charge >= 0.3 is 0 Å². The fraction of sp³-hybridized carbons (Fsp3) is 0.176. The van der Waals surface area contributed by atoms with Crippen LogP contribution in [0.5, 0.6) is 0 Å². The molecule has 2 aromatic heterocycles. The molecule has 0 fully saturated rings. The van der Waals surface area contributed by atoms with Gasteiger partial charge in [0.05, 0.1) is 5.56 Å². The van der Waals surface area contributed by atoms with Crippen molar-refractivity contribution in [3.8, 4) is 22.4 Å². The lowest BCUT2D eigenvalue weighted by Crippen LogP contribution is -1.90. The van der Waals surface area contributed by atoms with Gasteiger partial charge in [0.1, 0.15) is 5.69 Å². The molecule has 0 amide bonds. The molecular formula is C17H17N3O. The summed E-state index contributed by atoms with van der Waals surface area (Å²) < 4.78 is 5.18. The van der Waals surface area contributed by atoms with E-state index in [1.54, 1.807) is 12.4 Å². The molecule has 0 spiro atoms. The second kappa shape index (κ2) is 5.40. The minimum absolute atomic E-state index is 0.311. The van der Waals surface area contributed by atoms with E-state index >= 15 is 0 Å². The Bertz CT molecular complexity index is 730. The van der Waals surface area contributed by atoms with Gasteiger partial charge in [0.2, 0.25) is 5.88 Å². The molecule has 0 saturated heterocycles. The maximum Gasteiger partial charge on any atom is 0.230 e. The van der Waals surface area contributed by atoms with E-state index in [-0.39, 0.29) is 0 Å².